The number of amides is 2. The van der Waals surface area contributed by atoms with E-state index in [1.165, 1.54) is 23.1 Å². The van der Waals surface area contributed by atoms with Crippen LogP contribution in [0.5, 0.6) is 0 Å². The number of carboxylic acid groups (broad SMARTS) is 1. The summed E-state index contributed by atoms with van der Waals surface area (Å²) >= 11 is 0. The minimum absolute atomic E-state index is 0.124. The molecule has 1 fully saturated rings. The number of benzene rings is 1. The van der Waals surface area contributed by atoms with E-state index in [-0.39, 0.29) is 23.9 Å². The van der Waals surface area contributed by atoms with Crippen molar-refractivity contribution in [2.75, 3.05) is 13.1 Å². The number of aliphatic carboxylic acids is 1. The molecule has 1 saturated heterocycles. The van der Waals surface area contributed by atoms with E-state index >= 15 is 0 Å². The second-order valence-electron chi connectivity index (χ2n) is 6.28. The van der Waals surface area contributed by atoms with Gasteiger partial charge in [-0.05, 0) is 24.5 Å². The Hall–Kier alpha value is -2.44. The van der Waals surface area contributed by atoms with Gasteiger partial charge in [-0.3, -0.25) is 14.4 Å². The number of hydrogen-bond donors (Lipinski definition) is 2. The van der Waals surface area contributed by atoms with Crippen LogP contribution < -0.4 is 5.32 Å². The summed E-state index contributed by atoms with van der Waals surface area (Å²) < 4.78 is 13.7. The number of nitrogens with zero attached hydrogens (tertiary/aromatic N) is 1. The molecule has 0 spiro atoms. The molecule has 24 heavy (non-hydrogen) atoms. The van der Waals surface area contributed by atoms with E-state index in [9.17, 15) is 18.8 Å². The van der Waals surface area contributed by atoms with Crippen molar-refractivity contribution in [1.82, 2.24) is 10.2 Å². The average molecular weight is 336 g/mol. The molecule has 2 unspecified atom stereocenters. The maximum atomic E-state index is 13.7. The van der Waals surface area contributed by atoms with E-state index in [2.05, 4.69) is 5.32 Å². The summed E-state index contributed by atoms with van der Waals surface area (Å²) in [4.78, 5) is 37.4. The Balaban J connectivity index is 2.10. The highest BCUT2D eigenvalue weighted by Crippen LogP contribution is 2.19. The molecule has 0 saturated carbocycles. The Morgan fingerprint density at radius 1 is 1.29 bits per heavy atom. The summed E-state index contributed by atoms with van der Waals surface area (Å²) in [6.07, 6.45) is 0.396. The predicted molar refractivity (Wildman–Crippen MR) is 84.8 cm³/mol. The zero-order chi connectivity index (χ0) is 17.9. The normalized spacial score (nSPS) is 18.5. The van der Waals surface area contributed by atoms with Gasteiger partial charge in [0.15, 0.2) is 0 Å². The topological polar surface area (TPSA) is 86.7 Å². The quantitative estimate of drug-likeness (QED) is 0.853. The monoisotopic (exact) mass is 336 g/mol. The van der Waals surface area contributed by atoms with Crippen LogP contribution in [0.3, 0.4) is 0 Å². The summed E-state index contributed by atoms with van der Waals surface area (Å²) in [5, 5.41) is 11.6. The zero-order valence-corrected chi connectivity index (χ0v) is 13.7. The van der Waals surface area contributed by atoms with E-state index < -0.39 is 29.7 Å². The molecule has 2 rings (SSSR count). The molecule has 1 heterocycles. The van der Waals surface area contributed by atoms with Crippen LogP contribution in [0.1, 0.15) is 30.6 Å². The number of nitrogens with one attached hydrogen (secondary N) is 1. The van der Waals surface area contributed by atoms with Crippen molar-refractivity contribution in [3.8, 4) is 0 Å². The van der Waals surface area contributed by atoms with Crippen LogP contribution in [0.4, 0.5) is 4.39 Å². The standard InChI is InChI=1S/C17H21FN2O4/c1-10(2)14(16(22)20-8-7-11(9-20)17(23)24)19-15(21)12-5-3-4-6-13(12)18/h3-6,10-11,14H,7-9H2,1-2H3,(H,19,21)(H,23,24). The highest BCUT2D eigenvalue weighted by atomic mass is 19.1. The smallest absolute Gasteiger partial charge is 0.308 e. The van der Waals surface area contributed by atoms with Crippen LogP contribution >= 0.6 is 0 Å². The molecule has 2 amide bonds. The van der Waals surface area contributed by atoms with Crippen LogP contribution in [0, 0.1) is 17.7 Å². The van der Waals surface area contributed by atoms with Gasteiger partial charge in [0.1, 0.15) is 11.9 Å². The van der Waals surface area contributed by atoms with Crippen LogP contribution in [0.2, 0.25) is 0 Å². The van der Waals surface area contributed by atoms with Gasteiger partial charge in [-0.1, -0.05) is 26.0 Å². The molecule has 1 aromatic carbocycles. The number of halogens is 1. The van der Waals surface area contributed by atoms with Gasteiger partial charge in [0.05, 0.1) is 11.5 Å². The highest BCUT2D eigenvalue weighted by molar-refractivity contribution is 5.98. The maximum Gasteiger partial charge on any atom is 0.308 e. The fraction of sp³-hybridized carbons (Fsp3) is 0.471. The predicted octanol–water partition coefficient (Wildman–Crippen LogP) is 1.51. The van der Waals surface area contributed by atoms with Crippen molar-refractivity contribution in [3.63, 3.8) is 0 Å². The van der Waals surface area contributed by atoms with Crippen molar-refractivity contribution < 1.29 is 23.9 Å². The van der Waals surface area contributed by atoms with Crippen LogP contribution in [0.25, 0.3) is 0 Å². The van der Waals surface area contributed by atoms with E-state index in [4.69, 9.17) is 5.11 Å². The first kappa shape index (κ1) is 17.9. The molecule has 2 N–H and O–H groups in total. The van der Waals surface area contributed by atoms with Gasteiger partial charge < -0.3 is 15.3 Å². The third kappa shape index (κ3) is 3.90. The average Bonchev–Trinajstić information content (AvgIpc) is 3.02. The van der Waals surface area contributed by atoms with Gasteiger partial charge >= 0.3 is 5.97 Å². The Bertz CT molecular complexity index is 647. The number of rotatable bonds is 5. The number of carbonyl (C=O) groups excluding carboxylic acids is 2. The van der Waals surface area contributed by atoms with Crippen LogP contribution in [0.15, 0.2) is 24.3 Å². The molecular formula is C17H21FN2O4. The fourth-order valence-corrected chi connectivity index (χ4v) is 2.74. The Morgan fingerprint density at radius 3 is 2.50 bits per heavy atom. The van der Waals surface area contributed by atoms with Gasteiger partial charge in [0, 0.05) is 13.1 Å². The van der Waals surface area contributed by atoms with E-state index in [0.29, 0.717) is 13.0 Å². The van der Waals surface area contributed by atoms with E-state index in [0.717, 1.165) is 0 Å². The van der Waals surface area contributed by atoms with Crippen molar-refractivity contribution in [1.29, 1.82) is 0 Å². The molecule has 0 aliphatic carbocycles. The molecule has 7 heteroatoms. The molecule has 0 radical (unpaired) electrons. The minimum atomic E-state index is -0.929. The zero-order valence-electron chi connectivity index (χ0n) is 13.7. The number of likely N-dealkylation sites (tertiary alicyclic amines) is 1. The second-order valence-corrected chi connectivity index (χ2v) is 6.28. The van der Waals surface area contributed by atoms with Crippen LogP contribution in [-0.4, -0.2) is 46.9 Å². The van der Waals surface area contributed by atoms with Crippen LogP contribution in [-0.2, 0) is 9.59 Å². The summed E-state index contributed by atoms with van der Waals surface area (Å²) in [6, 6.07) is 4.72. The molecule has 0 bridgehead atoms. The Morgan fingerprint density at radius 2 is 1.96 bits per heavy atom. The molecule has 6 nitrogen and oxygen atoms in total. The fourth-order valence-electron chi connectivity index (χ4n) is 2.74. The Labute approximate surface area is 139 Å². The number of carbonyl (C=O) groups is 3. The van der Waals surface area contributed by atoms with E-state index in [1.807, 2.05) is 0 Å². The van der Waals surface area contributed by atoms with Gasteiger partial charge in [-0.25, -0.2) is 4.39 Å². The number of hydrogen-bond acceptors (Lipinski definition) is 3. The van der Waals surface area contributed by atoms with E-state index in [1.54, 1.807) is 19.9 Å². The summed E-state index contributed by atoms with van der Waals surface area (Å²) in [5.74, 6) is -3.37. The highest BCUT2D eigenvalue weighted by Gasteiger charge is 2.36. The largest absolute Gasteiger partial charge is 0.481 e. The van der Waals surface area contributed by atoms with Gasteiger partial charge in [0.2, 0.25) is 5.91 Å². The minimum Gasteiger partial charge on any atom is -0.481 e. The lowest BCUT2D eigenvalue weighted by atomic mass is 10.0. The summed E-state index contributed by atoms with van der Waals surface area (Å²) in [7, 11) is 0. The molecule has 0 aromatic heterocycles. The molecule has 1 aromatic rings. The van der Waals surface area contributed by atoms with Crippen molar-refractivity contribution >= 4 is 17.8 Å². The first-order chi connectivity index (χ1) is 11.3. The first-order valence-corrected chi connectivity index (χ1v) is 7.88. The van der Waals surface area contributed by atoms with Gasteiger partial charge in [0.25, 0.3) is 5.91 Å². The van der Waals surface area contributed by atoms with Gasteiger partial charge in [-0.15, -0.1) is 0 Å². The second kappa shape index (κ2) is 7.42. The molecule has 130 valence electrons. The summed E-state index contributed by atoms with van der Waals surface area (Å²) in [6.45, 7) is 4.02. The Kier molecular flexibility index (Phi) is 5.54. The van der Waals surface area contributed by atoms with Crippen molar-refractivity contribution in [2.45, 2.75) is 26.3 Å². The SMILES string of the molecule is CC(C)C(NC(=O)c1ccccc1F)C(=O)N1CCC(C(=O)O)C1. The van der Waals surface area contributed by atoms with Crippen molar-refractivity contribution in [2.24, 2.45) is 11.8 Å². The van der Waals surface area contributed by atoms with Crippen molar-refractivity contribution in [3.05, 3.63) is 35.6 Å². The molecular weight excluding hydrogens is 315 g/mol. The lowest BCUT2D eigenvalue weighted by molar-refractivity contribution is -0.141. The summed E-state index contributed by atoms with van der Waals surface area (Å²) in [5.41, 5.74) is -0.124. The maximum absolute atomic E-state index is 13.7. The molecule has 2 atom stereocenters. The lowest BCUT2D eigenvalue weighted by Gasteiger charge is -2.27. The molecule has 1 aliphatic heterocycles. The number of carboxylic acids is 1. The lowest BCUT2D eigenvalue weighted by Crippen LogP contribution is -2.51. The van der Waals surface area contributed by atoms with Gasteiger partial charge in [-0.2, -0.15) is 0 Å². The molecule has 1 aliphatic rings. The third-order valence-corrected chi connectivity index (χ3v) is 4.19. The first-order valence-electron chi connectivity index (χ1n) is 7.88. The third-order valence-electron chi connectivity index (χ3n) is 4.19.